The summed E-state index contributed by atoms with van der Waals surface area (Å²) in [6.07, 6.45) is 1.47. The molecule has 2 N–H and O–H groups in total. The van der Waals surface area contributed by atoms with Crippen molar-refractivity contribution in [1.29, 1.82) is 0 Å². The quantitative estimate of drug-likeness (QED) is 0.526. The first-order valence-electron chi connectivity index (χ1n) is 6.46. The van der Waals surface area contributed by atoms with Crippen molar-refractivity contribution in [3.63, 3.8) is 0 Å². The number of benzene rings is 1. The average Bonchev–Trinajstić information content (AvgIpc) is 2.72. The Balaban J connectivity index is 2.34. The van der Waals surface area contributed by atoms with Crippen LogP contribution in [-0.4, -0.2) is 45.4 Å². The highest BCUT2D eigenvalue weighted by Crippen LogP contribution is 2.36. The highest BCUT2D eigenvalue weighted by Gasteiger charge is 2.36. The molecule has 1 aromatic carbocycles. The van der Waals surface area contributed by atoms with Crippen LogP contribution in [0.1, 0.15) is 12.5 Å². The van der Waals surface area contributed by atoms with Crippen LogP contribution in [0.3, 0.4) is 0 Å². The van der Waals surface area contributed by atoms with Crippen LogP contribution < -0.4 is 4.74 Å². The minimum absolute atomic E-state index is 0.00332. The summed E-state index contributed by atoms with van der Waals surface area (Å²) in [6, 6.07) is 3.18. The number of carbonyl (C=O) groups excluding carboxylic acids is 2. The zero-order valence-corrected chi connectivity index (χ0v) is 14.9. The van der Waals surface area contributed by atoms with Gasteiger partial charge in [-0.1, -0.05) is 0 Å². The topological polar surface area (TPSA) is 104 Å². The van der Waals surface area contributed by atoms with Crippen LogP contribution in [0.5, 0.6) is 11.5 Å². The molecular formula is C14H12INO6S. The summed E-state index contributed by atoms with van der Waals surface area (Å²) in [6.45, 7) is 1.47. The number of nitrogens with zero attached hydrogens (tertiary/aromatic N) is 1. The number of carboxylic acids is 1. The molecule has 0 spiro atoms. The molecule has 1 aliphatic rings. The van der Waals surface area contributed by atoms with E-state index in [0.717, 1.165) is 0 Å². The summed E-state index contributed by atoms with van der Waals surface area (Å²) in [5, 5.41) is 18.0. The van der Waals surface area contributed by atoms with E-state index >= 15 is 0 Å². The van der Waals surface area contributed by atoms with Gasteiger partial charge in [0.05, 0.1) is 15.1 Å². The summed E-state index contributed by atoms with van der Waals surface area (Å²) < 4.78 is 5.85. The summed E-state index contributed by atoms with van der Waals surface area (Å²) in [7, 11) is 0. The summed E-state index contributed by atoms with van der Waals surface area (Å²) in [4.78, 5) is 35.3. The number of ether oxygens (including phenoxy) is 1. The van der Waals surface area contributed by atoms with Gasteiger partial charge in [-0.05, 0) is 65.0 Å². The van der Waals surface area contributed by atoms with Gasteiger partial charge in [-0.25, -0.2) is 0 Å². The molecule has 122 valence electrons. The lowest BCUT2D eigenvalue weighted by molar-refractivity contribution is -0.140. The number of imide groups is 1. The van der Waals surface area contributed by atoms with Gasteiger partial charge in [0.1, 0.15) is 6.54 Å². The van der Waals surface area contributed by atoms with E-state index in [-0.39, 0.29) is 16.4 Å². The van der Waals surface area contributed by atoms with Crippen LogP contribution in [0.4, 0.5) is 4.79 Å². The molecule has 0 radical (unpaired) electrons. The lowest BCUT2D eigenvalue weighted by atomic mass is 10.2. The molecule has 0 atom stereocenters. The molecule has 7 nitrogen and oxygen atoms in total. The molecule has 1 saturated heterocycles. The third-order valence-corrected chi connectivity index (χ3v) is 4.55. The van der Waals surface area contributed by atoms with E-state index in [2.05, 4.69) is 0 Å². The first kappa shape index (κ1) is 17.6. The molecule has 0 aliphatic carbocycles. The molecular weight excluding hydrogens is 437 g/mol. The Hall–Kier alpha value is -1.75. The Morgan fingerprint density at radius 3 is 2.74 bits per heavy atom. The Morgan fingerprint density at radius 1 is 1.43 bits per heavy atom. The molecule has 1 aliphatic heterocycles. The van der Waals surface area contributed by atoms with E-state index in [1.54, 1.807) is 19.1 Å². The second-order valence-electron chi connectivity index (χ2n) is 4.44. The minimum Gasteiger partial charge on any atom is -0.504 e. The van der Waals surface area contributed by atoms with Gasteiger partial charge in [0.25, 0.3) is 11.1 Å². The van der Waals surface area contributed by atoms with Crippen LogP contribution in [0.25, 0.3) is 6.08 Å². The number of carbonyl (C=O) groups is 3. The molecule has 2 amide bonds. The lowest BCUT2D eigenvalue weighted by Crippen LogP contribution is -2.33. The molecule has 1 heterocycles. The van der Waals surface area contributed by atoms with Crippen molar-refractivity contribution >= 4 is 57.5 Å². The van der Waals surface area contributed by atoms with E-state index < -0.39 is 23.7 Å². The van der Waals surface area contributed by atoms with Crippen molar-refractivity contribution in [1.82, 2.24) is 4.90 Å². The molecule has 1 fully saturated rings. The van der Waals surface area contributed by atoms with Crippen LogP contribution >= 0.6 is 34.4 Å². The molecule has 2 rings (SSSR count). The van der Waals surface area contributed by atoms with Gasteiger partial charge in [0.15, 0.2) is 11.5 Å². The predicted octanol–water partition coefficient (Wildman–Crippen LogP) is 2.52. The van der Waals surface area contributed by atoms with E-state index in [9.17, 15) is 19.5 Å². The number of rotatable bonds is 5. The van der Waals surface area contributed by atoms with Crippen LogP contribution in [0.2, 0.25) is 0 Å². The van der Waals surface area contributed by atoms with Crippen LogP contribution in [0, 0.1) is 3.57 Å². The van der Waals surface area contributed by atoms with Crippen molar-refractivity contribution in [3.05, 3.63) is 26.2 Å². The third-order valence-electron chi connectivity index (χ3n) is 2.82. The van der Waals surface area contributed by atoms with Gasteiger partial charge in [0.2, 0.25) is 0 Å². The smallest absolute Gasteiger partial charge is 0.323 e. The van der Waals surface area contributed by atoms with Crippen molar-refractivity contribution < 1.29 is 29.3 Å². The number of phenols is 1. The Kier molecular flexibility index (Phi) is 5.52. The fourth-order valence-corrected chi connectivity index (χ4v) is 3.33. The maximum atomic E-state index is 12.1. The van der Waals surface area contributed by atoms with Crippen molar-refractivity contribution in [3.8, 4) is 11.5 Å². The fourth-order valence-electron chi connectivity index (χ4n) is 1.87. The average molecular weight is 449 g/mol. The third kappa shape index (κ3) is 3.96. The highest BCUT2D eigenvalue weighted by atomic mass is 127. The SMILES string of the molecule is CCOc1cc(C=C2SC(=O)N(CC(=O)O)C2=O)cc(I)c1O. The lowest BCUT2D eigenvalue weighted by Gasteiger charge is -2.09. The van der Waals surface area contributed by atoms with Crippen LogP contribution in [0.15, 0.2) is 17.0 Å². The standard InChI is InChI=1S/C14H12INO6S/c1-2-22-9-4-7(3-8(15)12(9)19)5-10-13(20)16(6-11(17)18)14(21)23-10/h3-5,19H,2,6H2,1H3,(H,17,18). The summed E-state index contributed by atoms with van der Waals surface area (Å²) in [5.74, 6) is -1.63. The van der Waals surface area contributed by atoms with Crippen molar-refractivity contribution in [2.24, 2.45) is 0 Å². The van der Waals surface area contributed by atoms with Gasteiger partial charge < -0.3 is 14.9 Å². The maximum absolute atomic E-state index is 12.1. The summed E-state index contributed by atoms with van der Waals surface area (Å²) >= 11 is 2.60. The number of halogens is 1. The number of phenolic OH excluding ortho intramolecular Hbond substituents is 1. The van der Waals surface area contributed by atoms with Gasteiger partial charge in [0, 0.05) is 0 Å². The van der Waals surface area contributed by atoms with Gasteiger partial charge in [-0.2, -0.15) is 0 Å². The van der Waals surface area contributed by atoms with E-state index in [1.807, 2.05) is 22.6 Å². The second kappa shape index (κ2) is 7.21. The van der Waals surface area contributed by atoms with Gasteiger partial charge >= 0.3 is 5.97 Å². The first-order chi connectivity index (χ1) is 10.8. The zero-order chi connectivity index (χ0) is 17.1. The molecule has 0 bridgehead atoms. The Labute approximate surface area is 149 Å². The fraction of sp³-hybridized carbons (Fsp3) is 0.214. The van der Waals surface area contributed by atoms with Crippen molar-refractivity contribution in [2.75, 3.05) is 13.2 Å². The van der Waals surface area contributed by atoms with E-state index in [0.29, 0.717) is 32.4 Å². The monoisotopic (exact) mass is 449 g/mol. The second-order valence-corrected chi connectivity index (χ2v) is 6.60. The minimum atomic E-state index is -1.26. The largest absolute Gasteiger partial charge is 0.504 e. The first-order valence-corrected chi connectivity index (χ1v) is 8.35. The van der Waals surface area contributed by atoms with Gasteiger partial charge in [-0.15, -0.1) is 0 Å². The molecule has 9 heteroatoms. The zero-order valence-electron chi connectivity index (χ0n) is 11.9. The normalized spacial score (nSPS) is 16.3. The maximum Gasteiger partial charge on any atom is 0.323 e. The number of hydrogen-bond acceptors (Lipinski definition) is 6. The molecule has 0 unspecified atom stereocenters. The number of amides is 2. The van der Waals surface area contributed by atoms with Crippen molar-refractivity contribution in [2.45, 2.75) is 6.92 Å². The number of hydrogen-bond donors (Lipinski definition) is 2. The Morgan fingerprint density at radius 2 is 2.13 bits per heavy atom. The van der Waals surface area contributed by atoms with Gasteiger partial charge in [-0.3, -0.25) is 19.3 Å². The van der Waals surface area contributed by atoms with E-state index in [4.69, 9.17) is 9.84 Å². The molecule has 23 heavy (non-hydrogen) atoms. The number of thioether (sulfide) groups is 1. The predicted molar refractivity (Wildman–Crippen MR) is 92.3 cm³/mol. The number of aliphatic carboxylic acids is 1. The molecule has 1 aromatic rings. The number of aromatic hydroxyl groups is 1. The number of carboxylic acid groups (broad SMARTS) is 1. The Bertz CT molecular complexity index is 717. The van der Waals surface area contributed by atoms with E-state index in [1.165, 1.54) is 6.08 Å². The van der Waals surface area contributed by atoms with Crippen LogP contribution in [-0.2, 0) is 9.59 Å². The summed E-state index contributed by atoms with van der Waals surface area (Å²) in [5.41, 5.74) is 0.566. The molecule has 0 saturated carbocycles. The highest BCUT2D eigenvalue weighted by molar-refractivity contribution is 14.1. The molecule has 0 aromatic heterocycles.